The monoisotopic (exact) mass is 268 g/mol. The summed E-state index contributed by atoms with van der Waals surface area (Å²) in [6, 6.07) is 7.49. The summed E-state index contributed by atoms with van der Waals surface area (Å²) in [5, 5.41) is 20.0. The van der Waals surface area contributed by atoms with Crippen molar-refractivity contribution in [2.75, 3.05) is 5.32 Å². The van der Waals surface area contributed by atoms with Gasteiger partial charge in [-0.25, -0.2) is 14.8 Å². The van der Waals surface area contributed by atoms with E-state index < -0.39 is 11.9 Å². The third kappa shape index (κ3) is 2.76. The SMILES string of the molecule is N#Cc1ccc(C(=O)Nc2ncccc2C(=O)O)nc1. The van der Waals surface area contributed by atoms with E-state index >= 15 is 0 Å². The van der Waals surface area contributed by atoms with Crippen LogP contribution in [-0.4, -0.2) is 27.0 Å². The number of anilines is 1. The molecule has 20 heavy (non-hydrogen) atoms. The molecule has 2 N–H and O–H groups in total. The lowest BCUT2D eigenvalue weighted by Crippen LogP contribution is -2.17. The fourth-order valence-electron chi connectivity index (χ4n) is 1.44. The van der Waals surface area contributed by atoms with Crippen molar-refractivity contribution in [3.05, 3.63) is 53.5 Å². The summed E-state index contributed by atoms with van der Waals surface area (Å²) in [6.07, 6.45) is 2.62. The van der Waals surface area contributed by atoms with Gasteiger partial charge in [-0.15, -0.1) is 0 Å². The molecule has 0 unspecified atom stereocenters. The number of hydrogen-bond donors (Lipinski definition) is 2. The highest BCUT2D eigenvalue weighted by atomic mass is 16.4. The number of carbonyl (C=O) groups is 2. The summed E-state index contributed by atoms with van der Waals surface area (Å²) >= 11 is 0. The van der Waals surface area contributed by atoms with Crippen LogP contribution in [0.3, 0.4) is 0 Å². The van der Waals surface area contributed by atoms with Gasteiger partial charge in [0.25, 0.3) is 5.91 Å². The normalized spacial score (nSPS) is 9.55. The van der Waals surface area contributed by atoms with Crippen LogP contribution in [0.25, 0.3) is 0 Å². The number of carboxylic acid groups (broad SMARTS) is 1. The molecule has 0 saturated heterocycles. The Kier molecular flexibility index (Phi) is 3.67. The van der Waals surface area contributed by atoms with E-state index in [-0.39, 0.29) is 17.1 Å². The number of aromatic nitrogens is 2. The minimum atomic E-state index is -1.19. The van der Waals surface area contributed by atoms with E-state index in [1.807, 2.05) is 6.07 Å². The minimum Gasteiger partial charge on any atom is -0.478 e. The molecule has 0 bridgehead atoms. The molecule has 0 aliphatic carbocycles. The first kappa shape index (κ1) is 13.2. The average Bonchev–Trinajstić information content (AvgIpc) is 2.47. The third-order valence-electron chi connectivity index (χ3n) is 2.40. The molecule has 0 radical (unpaired) electrons. The first-order valence-electron chi connectivity index (χ1n) is 5.47. The molecule has 0 aliphatic heterocycles. The Balaban J connectivity index is 2.23. The number of aromatic carboxylic acids is 1. The van der Waals surface area contributed by atoms with Gasteiger partial charge in [-0.2, -0.15) is 5.26 Å². The molecule has 0 saturated carbocycles. The molecule has 1 amide bonds. The first-order chi connectivity index (χ1) is 9.61. The Morgan fingerprint density at radius 1 is 1.25 bits per heavy atom. The molecule has 0 atom stereocenters. The fourth-order valence-corrected chi connectivity index (χ4v) is 1.44. The van der Waals surface area contributed by atoms with Crippen LogP contribution in [0.1, 0.15) is 26.4 Å². The van der Waals surface area contributed by atoms with Gasteiger partial charge in [0.1, 0.15) is 23.1 Å². The van der Waals surface area contributed by atoms with Crippen molar-refractivity contribution in [1.82, 2.24) is 9.97 Å². The molecular weight excluding hydrogens is 260 g/mol. The molecule has 7 heteroatoms. The number of nitrogens with zero attached hydrogens (tertiary/aromatic N) is 3. The van der Waals surface area contributed by atoms with E-state index in [0.29, 0.717) is 5.56 Å². The zero-order valence-corrected chi connectivity index (χ0v) is 10.1. The van der Waals surface area contributed by atoms with Gasteiger partial charge >= 0.3 is 5.97 Å². The molecule has 0 aromatic carbocycles. The molecule has 98 valence electrons. The molecule has 2 rings (SSSR count). The van der Waals surface area contributed by atoms with Crippen LogP contribution < -0.4 is 5.32 Å². The second-order valence-electron chi connectivity index (χ2n) is 3.70. The highest BCUT2D eigenvalue weighted by molar-refractivity contribution is 6.05. The lowest BCUT2D eigenvalue weighted by Gasteiger charge is -2.06. The van der Waals surface area contributed by atoms with E-state index in [2.05, 4.69) is 15.3 Å². The van der Waals surface area contributed by atoms with Crippen LogP contribution in [0.15, 0.2) is 36.7 Å². The molecule has 7 nitrogen and oxygen atoms in total. The summed E-state index contributed by atoms with van der Waals surface area (Å²) in [6.45, 7) is 0. The summed E-state index contributed by atoms with van der Waals surface area (Å²) in [7, 11) is 0. The first-order valence-corrected chi connectivity index (χ1v) is 5.47. The van der Waals surface area contributed by atoms with E-state index in [4.69, 9.17) is 10.4 Å². The second kappa shape index (κ2) is 5.58. The zero-order chi connectivity index (χ0) is 14.5. The van der Waals surface area contributed by atoms with E-state index in [1.165, 1.54) is 36.7 Å². The highest BCUT2D eigenvalue weighted by Crippen LogP contribution is 2.12. The van der Waals surface area contributed by atoms with Crippen molar-refractivity contribution in [2.45, 2.75) is 0 Å². The smallest absolute Gasteiger partial charge is 0.339 e. The maximum Gasteiger partial charge on any atom is 0.339 e. The second-order valence-corrected chi connectivity index (χ2v) is 3.70. The van der Waals surface area contributed by atoms with Crippen molar-refractivity contribution in [2.24, 2.45) is 0 Å². The maximum absolute atomic E-state index is 11.9. The van der Waals surface area contributed by atoms with E-state index in [0.717, 1.165) is 0 Å². The zero-order valence-electron chi connectivity index (χ0n) is 10.1. The van der Waals surface area contributed by atoms with Crippen molar-refractivity contribution in [3.63, 3.8) is 0 Å². The van der Waals surface area contributed by atoms with Crippen LogP contribution in [0.4, 0.5) is 5.82 Å². The quantitative estimate of drug-likeness (QED) is 0.866. The highest BCUT2D eigenvalue weighted by Gasteiger charge is 2.14. The van der Waals surface area contributed by atoms with Gasteiger partial charge in [0.05, 0.1) is 5.56 Å². The van der Waals surface area contributed by atoms with Crippen molar-refractivity contribution in [3.8, 4) is 6.07 Å². The molecule has 2 heterocycles. The molecule has 2 aromatic rings. The van der Waals surface area contributed by atoms with Crippen LogP contribution in [0.2, 0.25) is 0 Å². The standard InChI is InChI=1S/C13H8N4O3/c14-6-8-3-4-10(16-7-8)12(18)17-11-9(13(19)20)2-1-5-15-11/h1-5,7H,(H,19,20)(H,15,17,18). The Bertz CT molecular complexity index is 704. The third-order valence-corrected chi connectivity index (χ3v) is 2.40. The summed E-state index contributed by atoms with van der Waals surface area (Å²) in [5.41, 5.74) is 0.270. The summed E-state index contributed by atoms with van der Waals surface area (Å²) < 4.78 is 0. The molecular formula is C13H8N4O3. The average molecular weight is 268 g/mol. The molecule has 0 fully saturated rings. The topological polar surface area (TPSA) is 116 Å². The molecule has 2 aromatic heterocycles. The van der Waals surface area contributed by atoms with Gasteiger partial charge in [0, 0.05) is 12.4 Å². The van der Waals surface area contributed by atoms with Crippen LogP contribution >= 0.6 is 0 Å². The van der Waals surface area contributed by atoms with Crippen LogP contribution in [0, 0.1) is 11.3 Å². The van der Waals surface area contributed by atoms with Gasteiger partial charge in [-0.05, 0) is 24.3 Å². The van der Waals surface area contributed by atoms with Gasteiger partial charge in [0.15, 0.2) is 0 Å². The fraction of sp³-hybridized carbons (Fsp3) is 0. The Hall–Kier alpha value is -3.27. The molecule has 0 aliphatic rings. The number of rotatable bonds is 3. The largest absolute Gasteiger partial charge is 0.478 e. The van der Waals surface area contributed by atoms with Crippen LogP contribution in [-0.2, 0) is 0 Å². The van der Waals surface area contributed by atoms with E-state index in [9.17, 15) is 9.59 Å². The van der Waals surface area contributed by atoms with Crippen molar-refractivity contribution in [1.29, 1.82) is 5.26 Å². The predicted molar refractivity (Wildman–Crippen MR) is 68.1 cm³/mol. The van der Waals surface area contributed by atoms with Gasteiger partial charge < -0.3 is 10.4 Å². The Morgan fingerprint density at radius 3 is 2.65 bits per heavy atom. The maximum atomic E-state index is 11.9. The van der Waals surface area contributed by atoms with Gasteiger partial charge in [-0.3, -0.25) is 4.79 Å². The number of nitrogens with one attached hydrogen (secondary N) is 1. The Morgan fingerprint density at radius 2 is 2.05 bits per heavy atom. The number of nitriles is 1. The minimum absolute atomic E-state index is 0.0591. The number of carbonyl (C=O) groups excluding carboxylic acids is 1. The number of pyridine rings is 2. The lowest BCUT2D eigenvalue weighted by molar-refractivity contribution is 0.0697. The Labute approximate surface area is 113 Å². The van der Waals surface area contributed by atoms with E-state index in [1.54, 1.807) is 0 Å². The summed E-state index contributed by atoms with van der Waals surface area (Å²) in [5.74, 6) is -1.85. The van der Waals surface area contributed by atoms with Crippen molar-refractivity contribution >= 4 is 17.7 Å². The summed E-state index contributed by atoms with van der Waals surface area (Å²) in [4.78, 5) is 30.5. The van der Waals surface area contributed by atoms with Crippen LogP contribution in [0.5, 0.6) is 0 Å². The predicted octanol–water partition coefficient (Wildman–Crippen LogP) is 1.30. The number of hydrogen-bond acceptors (Lipinski definition) is 5. The van der Waals surface area contributed by atoms with Crippen molar-refractivity contribution < 1.29 is 14.7 Å². The number of carboxylic acids is 1. The number of amides is 1. The van der Waals surface area contributed by atoms with Gasteiger partial charge in [-0.1, -0.05) is 0 Å². The van der Waals surface area contributed by atoms with Gasteiger partial charge in [0.2, 0.25) is 0 Å². The molecule has 0 spiro atoms. The lowest BCUT2D eigenvalue weighted by atomic mass is 10.2.